The number of benzene rings is 1. The smallest absolute Gasteiger partial charge is 0.273 e. The number of ether oxygens (including phenoxy) is 2. The molecule has 1 unspecified atom stereocenters. The van der Waals surface area contributed by atoms with Crippen molar-refractivity contribution in [1.82, 2.24) is 9.88 Å². The molecule has 0 aliphatic carbocycles. The van der Waals surface area contributed by atoms with E-state index < -0.39 is 0 Å². The Bertz CT molecular complexity index is 745. The van der Waals surface area contributed by atoms with Gasteiger partial charge < -0.3 is 14.4 Å². The minimum absolute atomic E-state index is 0.0271. The van der Waals surface area contributed by atoms with Crippen LogP contribution in [0.2, 0.25) is 0 Å². The first-order chi connectivity index (χ1) is 12.7. The molecule has 2 saturated heterocycles. The van der Waals surface area contributed by atoms with Crippen molar-refractivity contribution in [2.24, 2.45) is 0 Å². The van der Waals surface area contributed by atoms with E-state index in [-0.39, 0.29) is 18.1 Å². The number of amides is 1. The van der Waals surface area contributed by atoms with Crippen molar-refractivity contribution in [3.8, 4) is 5.75 Å². The van der Waals surface area contributed by atoms with Crippen LogP contribution in [-0.2, 0) is 4.74 Å². The zero-order valence-electron chi connectivity index (χ0n) is 15.0. The summed E-state index contributed by atoms with van der Waals surface area (Å²) < 4.78 is 11.7. The second-order valence-corrected chi connectivity index (χ2v) is 7.88. The van der Waals surface area contributed by atoms with E-state index in [9.17, 15) is 4.79 Å². The monoisotopic (exact) mass is 372 g/mol. The van der Waals surface area contributed by atoms with E-state index in [0.29, 0.717) is 18.8 Å². The summed E-state index contributed by atoms with van der Waals surface area (Å²) in [7, 11) is 0. The molecular formula is C20H24N2O3S. The number of carbonyl (C=O) groups excluding carboxylic acids is 1. The molecule has 0 spiro atoms. The van der Waals surface area contributed by atoms with Gasteiger partial charge in [-0.25, -0.2) is 4.98 Å². The molecule has 2 aliphatic rings. The second-order valence-electron chi connectivity index (χ2n) is 7.00. The number of aromatic nitrogens is 1. The van der Waals surface area contributed by atoms with E-state index in [1.807, 2.05) is 22.4 Å². The van der Waals surface area contributed by atoms with Crippen LogP contribution < -0.4 is 4.74 Å². The predicted molar refractivity (Wildman–Crippen MR) is 101 cm³/mol. The van der Waals surface area contributed by atoms with Crippen molar-refractivity contribution in [2.45, 2.75) is 44.8 Å². The van der Waals surface area contributed by atoms with Crippen LogP contribution in [-0.4, -0.2) is 41.6 Å². The fourth-order valence-electron chi connectivity index (χ4n) is 3.45. The first kappa shape index (κ1) is 17.5. The lowest BCUT2D eigenvalue weighted by atomic mass is 10.1. The Balaban J connectivity index is 1.31. The van der Waals surface area contributed by atoms with Crippen LogP contribution in [0.3, 0.4) is 0 Å². The predicted octanol–water partition coefficient (Wildman–Crippen LogP) is 3.99. The van der Waals surface area contributed by atoms with Gasteiger partial charge in [-0.1, -0.05) is 17.7 Å². The highest BCUT2D eigenvalue weighted by molar-refractivity contribution is 7.09. The van der Waals surface area contributed by atoms with Gasteiger partial charge in [0.25, 0.3) is 5.91 Å². The van der Waals surface area contributed by atoms with Crippen LogP contribution in [0.25, 0.3) is 0 Å². The lowest BCUT2D eigenvalue weighted by Crippen LogP contribution is -2.41. The molecule has 138 valence electrons. The summed E-state index contributed by atoms with van der Waals surface area (Å²) in [4.78, 5) is 19.1. The molecule has 0 bridgehead atoms. The number of hydrogen-bond acceptors (Lipinski definition) is 5. The number of piperidine rings is 1. The lowest BCUT2D eigenvalue weighted by molar-refractivity contribution is 0.0589. The van der Waals surface area contributed by atoms with Gasteiger partial charge in [0, 0.05) is 37.9 Å². The van der Waals surface area contributed by atoms with Gasteiger partial charge in [-0.05, 0) is 31.9 Å². The summed E-state index contributed by atoms with van der Waals surface area (Å²) in [5.41, 5.74) is 1.78. The van der Waals surface area contributed by atoms with Gasteiger partial charge in [0.2, 0.25) is 0 Å². The second kappa shape index (κ2) is 7.76. The zero-order valence-corrected chi connectivity index (χ0v) is 15.8. The van der Waals surface area contributed by atoms with Gasteiger partial charge in [0.05, 0.1) is 0 Å². The maximum Gasteiger partial charge on any atom is 0.273 e. The third-order valence-electron chi connectivity index (χ3n) is 5.00. The summed E-state index contributed by atoms with van der Waals surface area (Å²) in [6, 6.07) is 8.13. The van der Waals surface area contributed by atoms with Gasteiger partial charge in [0.1, 0.15) is 28.7 Å². The van der Waals surface area contributed by atoms with E-state index >= 15 is 0 Å². The number of nitrogens with zero attached hydrogens (tertiary/aromatic N) is 2. The van der Waals surface area contributed by atoms with Crippen LogP contribution in [0, 0.1) is 6.92 Å². The number of likely N-dealkylation sites (tertiary alicyclic amines) is 1. The third-order valence-corrected chi connectivity index (χ3v) is 5.94. The SMILES string of the molecule is Cc1ccc(OC2CCN(C(=O)c3csc(C4CCCO4)n3)CC2)cc1. The molecule has 5 nitrogen and oxygen atoms in total. The minimum Gasteiger partial charge on any atom is -0.490 e. The fourth-order valence-corrected chi connectivity index (χ4v) is 4.33. The minimum atomic E-state index is 0.0271. The summed E-state index contributed by atoms with van der Waals surface area (Å²) >= 11 is 1.53. The first-order valence-corrected chi connectivity index (χ1v) is 10.2. The van der Waals surface area contributed by atoms with Crippen LogP contribution in [0.4, 0.5) is 0 Å². The van der Waals surface area contributed by atoms with Crippen molar-refractivity contribution in [2.75, 3.05) is 19.7 Å². The number of aryl methyl sites for hydroxylation is 1. The molecule has 1 aromatic heterocycles. The number of rotatable bonds is 4. The van der Waals surface area contributed by atoms with Crippen molar-refractivity contribution in [1.29, 1.82) is 0 Å². The third kappa shape index (κ3) is 3.91. The van der Waals surface area contributed by atoms with Gasteiger partial charge in [0.15, 0.2) is 0 Å². The molecule has 1 aromatic carbocycles. The summed E-state index contributed by atoms with van der Waals surface area (Å²) in [5, 5.41) is 2.80. The molecule has 2 aromatic rings. The average Bonchev–Trinajstić information content (AvgIpc) is 3.35. The van der Waals surface area contributed by atoms with Gasteiger partial charge in [-0.2, -0.15) is 0 Å². The van der Waals surface area contributed by atoms with E-state index in [0.717, 1.165) is 43.0 Å². The molecular weight excluding hydrogens is 348 g/mol. The Morgan fingerprint density at radius 3 is 2.69 bits per heavy atom. The normalized spacial score (nSPS) is 21.1. The van der Waals surface area contributed by atoms with Crippen molar-refractivity contribution >= 4 is 17.2 Å². The molecule has 1 atom stereocenters. The van der Waals surface area contributed by atoms with Crippen LogP contribution in [0.15, 0.2) is 29.6 Å². The van der Waals surface area contributed by atoms with Crippen LogP contribution in [0.1, 0.15) is 52.8 Å². The molecule has 0 saturated carbocycles. The quantitative estimate of drug-likeness (QED) is 0.814. The zero-order chi connectivity index (χ0) is 17.9. The number of carbonyl (C=O) groups is 1. The molecule has 4 rings (SSSR count). The highest BCUT2D eigenvalue weighted by atomic mass is 32.1. The standard InChI is InChI=1S/C20H24N2O3S/c1-14-4-6-15(7-5-14)25-16-8-10-22(11-9-16)20(23)17-13-26-19(21-17)18-3-2-12-24-18/h4-7,13,16,18H,2-3,8-12H2,1H3. The Kier molecular flexibility index (Phi) is 5.22. The van der Waals surface area contributed by atoms with Crippen LogP contribution >= 0.6 is 11.3 Å². The maximum atomic E-state index is 12.7. The molecule has 0 N–H and O–H groups in total. The van der Waals surface area contributed by atoms with Crippen molar-refractivity contribution in [3.63, 3.8) is 0 Å². The van der Waals surface area contributed by atoms with E-state index in [4.69, 9.17) is 9.47 Å². The maximum absolute atomic E-state index is 12.7. The largest absolute Gasteiger partial charge is 0.490 e. The molecule has 3 heterocycles. The molecule has 1 amide bonds. The van der Waals surface area contributed by atoms with Crippen molar-refractivity contribution < 1.29 is 14.3 Å². The molecule has 0 radical (unpaired) electrons. The van der Waals surface area contributed by atoms with E-state index in [1.54, 1.807) is 0 Å². The Hall–Kier alpha value is -1.92. The average molecular weight is 372 g/mol. The number of hydrogen-bond donors (Lipinski definition) is 0. The topological polar surface area (TPSA) is 51.7 Å². The molecule has 2 aliphatic heterocycles. The van der Waals surface area contributed by atoms with Crippen molar-refractivity contribution in [3.05, 3.63) is 45.9 Å². The Morgan fingerprint density at radius 1 is 1.23 bits per heavy atom. The van der Waals surface area contributed by atoms with Crippen LogP contribution in [0.5, 0.6) is 5.75 Å². The number of thiazole rings is 1. The van der Waals surface area contributed by atoms with E-state index in [2.05, 4.69) is 24.0 Å². The molecule has 26 heavy (non-hydrogen) atoms. The summed E-state index contributed by atoms with van der Waals surface area (Å²) in [5.74, 6) is 0.931. The van der Waals surface area contributed by atoms with Gasteiger partial charge >= 0.3 is 0 Å². The Morgan fingerprint density at radius 2 is 2.00 bits per heavy atom. The van der Waals surface area contributed by atoms with E-state index in [1.165, 1.54) is 16.9 Å². The summed E-state index contributed by atoms with van der Waals surface area (Å²) in [6.45, 7) is 4.28. The summed E-state index contributed by atoms with van der Waals surface area (Å²) in [6.07, 6.45) is 4.02. The highest BCUT2D eigenvalue weighted by Gasteiger charge is 2.28. The Labute approximate surface area is 157 Å². The first-order valence-electron chi connectivity index (χ1n) is 9.28. The lowest BCUT2D eigenvalue weighted by Gasteiger charge is -2.31. The highest BCUT2D eigenvalue weighted by Crippen LogP contribution is 2.31. The van der Waals surface area contributed by atoms with Gasteiger partial charge in [-0.15, -0.1) is 11.3 Å². The molecule has 6 heteroatoms. The fraction of sp³-hybridized carbons (Fsp3) is 0.500. The molecule has 2 fully saturated rings. The van der Waals surface area contributed by atoms with Gasteiger partial charge in [-0.3, -0.25) is 4.79 Å².